The molecule has 1 aromatic heterocycles. The van der Waals surface area contributed by atoms with Crippen molar-refractivity contribution in [2.24, 2.45) is 0 Å². The van der Waals surface area contributed by atoms with Crippen molar-refractivity contribution in [1.82, 2.24) is 10.5 Å². The average molecular weight is 313 g/mol. The van der Waals surface area contributed by atoms with E-state index in [1.807, 2.05) is 0 Å². The number of halogens is 2. The van der Waals surface area contributed by atoms with Crippen LogP contribution in [0.1, 0.15) is 23.0 Å². The molecule has 0 aliphatic rings. The Morgan fingerprint density at radius 3 is 2.90 bits per heavy atom. The predicted molar refractivity (Wildman–Crippen MR) is 75.7 cm³/mol. The zero-order valence-electron chi connectivity index (χ0n) is 11.5. The molecule has 0 bridgehead atoms. The van der Waals surface area contributed by atoms with E-state index in [0.29, 0.717) is 0 Å². The largest absolute Gasteiger partial charge is 0.392 e. The first-order valence-electron chi connectivity index (χ1n) is 6.28. The first-order chi connectivity index (χ1) is 9.91. The molecule has 21 heavy (non-hydrogen) atoms. The van der Waals surface area contributed by atoms with Crippen LogP contribution in [0.25, 0.3) is 11.3 Å². The molecule has 2 aromatic rings. The molecule has 1 atom stereocenters. The first-order valence-corrected chi connectivity index (χ1v) is 6.66. The highest BCUT2D eigenvalue weighted by atomic mass is 35.5. The molecular formula is C14H14ClFN2O3. The van der Waals surface area contributed by atoms with Gasteiger partial charge in [-0.1, -0.05) is 22.8 Å². The fourth-order valence-electron chi connectivity index (χ4n) is 1.86. The van der Waals surface area contributed by atoms with Crippen molar-refractivity contribution in [2.45, 2.75) is 20.0 Å². The minimum absolute atomic E-state index is 0.0122. The highest BCUT2D eigenvalue weighted by molar-refractivity contribution is 6.33. The molecule has 1 amide bonds. The summed E-state index contributed by atoms with van der Waals surface area (Å²) in [5, 5.41) is 15.6. The number of carbonyl (C=O) groups is 1. The fourth-order valence-corrected chi connectivity index (χ4v) is 2.12. The smallest absolute Gasteiger partial charge is 0.257 e. The molecule has 0 saturated carbocycles. The number of aliphatic hydroxyl groups excluding tert-OH is 1. The zero-order valence-corrected chi connectivity index (χ0v) is 12.2. The molecule has 0 aliphatic heterocycles. The Labute approximate surface area is 125 Å². The van der Waals surface area contributed by atoms with Crippen molar-refractivity contribution in [1.29, 1.82) is 0 Å². The lowest BCUT2D eigenvalue weighted by molar-refractivity contribution is 0.0923. The monoisotopic (exact) mass is 312 g/mol. The van der Waals surface area contributed by atoms with E-state index < -0.39 is 17.8 Å². The molecule has 5 nitrogen and oxygen atoms in total. The molecule has 1 unspecified atom stereocenters. The number of hydrogen-bond donors (Lipinski definition) is 2. The van der Waals surface area contributed by atoms with Crippen LogP contribution in [0.4, 0.5) is 4.39 Å². The fraction of sp³-hybridized carbons (Fsp3) is 0.286. The lowest BCUT2D eigenvalue weighted by atomic mass is 10.0. The molecule has 112 valence electrons. The number of amides is 1. The van der Waals surface area contributed by atoms with Gasteiger partial charge in [0.15, 0.2) is 0 Å². The molecule has 1 heterocycles. The Kier molecular flexibility index (Phi) is 4.59. The minimum Gasteiger partial charge on any atom is -0.392 e. The second-order valence-corrected chi connectivity index (χ2v) is 5.03. The number of aromatic nitrogens is 1. The van der Waals surface area contributed by atoms with Crippen molar-refractivity contribution in [3.8, 4) is 11.3 Å². The van der Waals surface area contributed by atoms with Gasteiger partial charge in [0.2, 0.25) is 0 Å². The average Bonchev–Trinajstić information content (AvgIpc) is 2.78. The molecule has 0 radical (unpaired) electrons. The maximum absolute atomic E-state index is 14.0. The highest BCUT2D eigenvalue weighted by Gasteiger charge is 2.25. The summed E-state index contributed by atoms with van der Waals surface area (Å²) >= 11 is 5.98. The second kappa shape index (κ2) is 6.24. The van der Waals surface area contributed by atoms with Crippen molar-refractivity contribution >= 4 is 17.5 Å². The van der Waals surface area contributed by atoms with Gasteiger partial charge in [-0.15, -0.1) is 0 Å². The Balaban J connectivity index is 2.45. The van der Waals surface area contributed by atoms with Gasteiger partial charge >= 0.3 is 0 Å². The molecule has 7 heteroatoms. The summed E-state index contributed by atoms with van der Waals surface area (Å²) in [6.07, 6.45) is -0.699. The number of aliphatic hydroxyl groups is 1. The standard InChI is InChI=1S/C14H14ClFN2O3/c1-7(19)6-17-14(20)11-8(2)21-18-13(11)12-9(15)4-3-5-10(12)16/h3-5,7,19H,6H2,1-2H3,(H,17,20). The third-order valence-corrected chi connectivity index (χ3v) is 3.16. The van der Waals surface area contributed by atoms with E-state index in [1.165, 1.54) is 25.1 Å². The van der Waals surface area contributed by atoms with E-state index >= 15 is 0 Å². The number of aryl methyl sites for hydroxylation is 1. The Hall–Kier alpha value is -1.92. The topological polar surface area (TPSA) is 75.4 Å². The maximum atomic E-state index is 14.0. The highest BCUT2D eigenvalue weighted by Crippen LogP contribution is 2.33. The summed E-state index contributed by atoms with van der Waals surface area (Å²) in [6, 6.07) is 4.19. The van der Waals surface area contributed by atoms with E-state index in [-0.39, 0.29) is 34.1 Å². The van der Waals surface area contributed by atoms with Gasteiger partial charge in [0.1, 0.15) is 22.8 Å². The molecule has 0 fully saturated rings. The van der Waals surface area contributed by atoms with Crippen LogP contribution in [0, 0.1) is 12.7 Å². The van der Waals surface area contributed by atoms with Crippen LogP contribution in [0.3, 0.4) is 0 Å². The summed E-state index contributed by atoms with van der Waals surface area (Å²) in [5.74, 6) is -0.864. The van der Waals surface area contributed by atoms with Crippen LogP contribution in [0.15, 0.2) is 22.7 Å². The number of carbonyl (C=O) groups excluding carboxylic acids is 1. The van der Waals surface area contributed by atoms with Crippen LogP contribution in [0.5, 0.6) is 0 Å². The number of rotatable bonds is 4. The molecule has 2 N–H and O–H groups in total. The van der Waals surface area contributed by atoms with Gasteiger partial charge in [-0.2, -0.15) is 0 Å². The van der Waals surface area contributed by atoms with Crippen LogP contribution >= 0.6 is 11.6 Å². The molecular weight excluding hydrogens is 299 g/mol. The summed E-state index contributed by atoms with van der Waals surface area (Å²) in [5.41, 5.74) is 0.152. The SMILES string of the molecule is Cc1onc(-c2c(F)cccc2Cl)c1C(=O)NCC(C)O. The van der Waals surface area contributed by atoms with Gasteiger partial charge in [-0.05, 0) is 26.0 Å². The Morgan fingerprint density at radius 2 is 2.29 bits per heavy atom. The Bertz CT molecular complexity index is 650. The van der Waals surface area contributed by atoms with Crippen molar-refractivity contribution in [3.63, 3.8) is 0 Å². The van der Waals surface area contributed by atoms with Gasteiger partial charge in [-0.25, -0.2) is 4.39 Å². The van der Waals surface area contributed by atoms with E-state index in [2.05, 4.69) is 10.5 Å². The summed E-state index contributed by atoms with van der Waals surface area (Å²) in [6.45, 7) is 3.14. The van der Waals surface area contributed by atoms with Crippen LogP contribution in [-0.4, -0.2) is 28.8 Å². The second-order valence-electron chi connectivity index (χ2n) is 4.62. The van der Waals surface area contributed by atoms with Gasteiger partial charge in [0, 0.05) is 6.54 Å². The van der Waals surface area contributed by atoms with Gasteiger partial charge in [-0.3, -0.25) is 4.79 Å². The van der Waals surface area contributed by atoms with Gasteiger partial charge < -0.3 is 14.9 Å². The third-order valence-electron chi connectivity index (χ3n) is 2.85. The summed E-state index contributed by atoms with van der Waals surface area (Å²) < 4.78 is 19.0. The lowest BCUT2D eigenvalue weighted by Crippen LogP contribution is -2.31. The third kappa shape index (κ3) is 3.22. The predicted octanol–water partition coefficient (Wildman–Crippen LogP) is 2.55. The zero-order chi connectivity index (χ0) is 15.6. The summed E-state index contributed by atoms with van der Waals surface area (Å²) in [7, 11) is 0. The van der Waals surface area contributed by atoms with Crippen LogP contribution in [-0.2, 0) is 0 Å². The number of nitrogens with one attached hydrogen (secondary N) is 1. The number of nitrogens with zero attached hydrogens (tertiary/aromatic N) is 1. The summed E-state index contributed by atoms with van der Waals surface area (Å²) in [4.78, 5) is 12.2. The molecule has 1 aromatic carbocycles. The first kappa shape index (κ1) is 15.5. The molecule has 0 aliphatic carbocycles. The lowest BCUT2D eigenvalue weighted by Gasteiger charge is -2.08. The minimum atomic E-state index is -0.699. The van der Waals surface area contributed by atoms with E-state index in [0.717, 1.165) is 0 Å². The van der Waals surface area contributed by atoms with Crippen LogP contribution < -0.4 is 5.32 Å². The van der Waals surface area contributed by atoms with Crippen molar-refractivity contribution < 1.29 is 18.8 Å². The van der Waals surface area contributed by atoms with E-state index in [4.69, 9.17) is 16.1 Å². The molecule has 0 saturated heterocycles. The van der Waals surface area contributed by atoms with Crippen molar-refractivity contribution in [2.75, 3.05) is 6.54 Å². The number of benzene rings is 1. The van der Waals surface area contributed by atoms with E-state index in [1.54, 1.807) is 6.92 Å². The number of hydrogen-bond acceptors (Lipinski definition) is 4. The van der Waals surface area contributed by atoms with Crippen molar-refractivity contribution in [3.05, 3.63) is 40.4 Å². The maximum Gasteiger partial charge on any atom is 0.257 e. The normalized spacial score (nSPS) is 12.2. The van der Waals surface area contributed by atoms with E-state index in [9.17, 15) is 14.3 Å². The quantitative estimate of drug-likeness (QED) is 0.909. The van der Waals surface area contributed by atoms with Gasteiger partial charge in [0.25, 0.3) is 5.91 Å². The van der Waals surface area contributed by atoms with Crippen LogP contribution in [0.2, 0.25) is 5.02 Å². The Morgan fingerprint density at radius 1 is 1.57 bits per heavy atom. The molecule has 2 rings (SSSR count). The molecule has 0 spiro atoms. The van der Waals surface area contributed by atoms with Gasteiger partial charge in [0.05, 0.1) is 16.7 Å².